The average molecular weight is 552 g/mol. The van der Waals surface area contributed by atoms with Crippen molar-refractivity contribution in [2.45, 2.75) is 71.8 Å². The third-order valence-electron chi connectivity index (χ3n) is 9.01. The highest BCUT2D eigenvalue weighted by Crippen LogP contribution is 2.41. The predicted octanol–water partition coefficient (Wildman–Crippen LogP) is 9.60. The van der Waals surface area contributed by atoms with E-state index in [1.54, 1.807) is 6.07 Å². The summed E-state index contributed by atoms with van der Waals surface area (Å²) in [7, 11) is 0. The maximum absolute atomic E-state index is 16.2. The quantitative estimate of drug-likeness (QED) is 0.187. The van der Waals surface area contributed by atoms with Crippen molar-refractivity contribution in [3.8, 4) is 0 Å². The minimum Gasteiger partial charge on any atom is -0.382 e. The number of fused-ring (bicyclic) bond motifs is 1. The van der Waals surface area contributed by atoms with E-state index in [0.29, 0.717) is 6.04 Å². The molecule has 1 N–H and O–H groups in total. The van der Waals surface area contributed by atoms with Gasteiger partial charge in [-0.2, -0.15) is 0 Å². The number of nitrogens with one attached hydrogen (secondary N) is 1. The second-order valence-electron chi connectivity index (χ2n) is 11.3. The van der Waals surface area contributed by atoms with Gasteiger partial charge < -0.3 is 15.1 Å². The molecular formula is C37H46FN3. The lowest BCUT2D eigenvalue weighted by Gasteiger charge is -2.27. The van der Waals surface area contributed by atoms with Crippen LogP contribution >= 0.6 is 0 Å². The molecule has 4 aromatic rings. The van der Waals surface area contributed by atoms with Gasteiger partial charge in [0.2, 0.25) is 0 Å². The zero-order valence-electron chi connectivity index (χ0n) is 25.3. The number of anilines is 3. The molecule has 216 valence electrons. The van der Waals surface area contributed by atoms with Crippen molar-refractivity contribution in [2.24, 2.45) is 0 Å². The number of hydrogen-bond acceptors (Lipinski definition) is 3. The summed E-state index contributed by atoms with van der Waals surface area (Å²) in [6.07, 6.45) is 6.37. The van der Waals surface area contributed by atoms with Crippen LogP contribution in [0, 0.1) is 5.82 Å². The first-order valence-electron chi connectivity index (χ1n) is 15.7. The second-order valence-corrected chi connectivity index (χ2v) is 11.3. The van der Waals surface area contributed by atoms with Crippen molar-refractivity contribution >= 4 is 27.8 Å². The van der Waals surface area contributed by atoms with Gasteiger partial charge in [0.25, 0.3) is 0 Å². The van der Waals surface area contributed by atoms with Crippen LogP contribution < -0.4 is 15.1 Å². The van der Waals surface area contributed by atoms with Gasteiger partial charge in [-0.1, -0.05) is 67.8 Å². The summed E-state index contributed by atoms with van der Waals surface area (Å²) in [4.78, 5) is 4.54. The van der Waals surface area contributed by atoms with Crippen LogP contribution in [0.25, 0.3) is 10.8 Å². The molecule has 1 fully saturated rings. The molecule has 1 unspecified atom stereocenters. The van der Waals surface area contributed by atoms with E-state index >= 15 is 4.39 Å². The molecule has 0 aromatic heterocycles. The normalized spacial score (nSPS) is 14.7. The molecule has 0 amide bonds. The van der Waals surface area contributed by atoms with Crippen LogP contribution in [-0.2, 0) is 0 Å². The van der Waals surface area contributed by atoms with E-state index in [1.807, 2.05) is 6.07 Å². The lowest BCUT2D eigenvalue weighted by Crippen LogP contribution is -2.22. The van der Waals surface area contributed by atoms with E-state index < -0.39 is 0 Å². The van der Waals surface area contributed by atoms with Crippen LogP contribution in [-0.4, -0.2) is 32.2 Å². The van der Waals surface area contributed by atoms with Gasteiger partial charge in [0.05, 0.1) is 0 Å². The van der Waals surface area contributed by atoms with E-state index in [9.17, 15) is 0 Å². The Morgan fingerprint density at radius 1 is 0.683 bits per heavy atom. The predicted molar refractivity (Wildman–Crippen MR) is 175 cm³/mol. The SMILES string of the molecule is CCN(CC)c1ccc(C(c2ccc(N(CC)CC)cc2F)c2ccc(NC3CCCCC3)c3ccccc23)cc1. The molecule has 1 atom stereocenters. The third-order valence-corrected chi connectivity index (χ3v) is 9.01. The summed E-state index contributed by atoms with van der Waals surface area (Å²) in [5, 5.41) is 6.25. The first-order chi connectivity index (χ1) is 20.1. The van der Waals surface area contributed by atoms with Crippen molar-refractivity contribution in [3.63, 3.8) is 0 Å². The van der Waals surface area contributed by atoms with Crippen molar-refractivity contribution in [1.29, 1.82) is 0 Å². The fourth-order valence-corrected chi connectivity index (χ4v) is 6.70. The molecule has 5 rings (SSSR count). The Morgan fingerprint density at radius 2 is 1.27 bits per heavy atom. The molecule has 41 heavy (non-hydrogen) atoms. The topological polar surface area (TPSA) is 18.5 Å². The average Bonchev–Trinajstić information content (AvgIpc) is 3.01. The van der Waals surface area contributed by atoms with E-state index in [4.69, 9.17) is 0 Å². The molecule has 4 aromatic carbocycles. The Bertz CT molecular complexity index is 1420. The fraction of sp³-hybridized carbons (Fsp3) is 0.405. The number of halogens is 1. The van der Waals surface area contributed by atoms with Gasteiger partial charge in [-0.25, -0.2) is 4.39 Å². The first-order valence-corrected chi connectivity index (χ1v) is 15.7. The number of nitrogens with zero attached hydrogens (tertiary/aromatic N) is 2. The maximum Gasteiger partial charge on any atom is 0.129 e. The molecule has 1 aliphatic carbocycles. The second kappa shape index (κ2) is 13.4. The van der Waals surface area contributed by atoms with Gasteiger partial charge >= 0.3 is 0 Å². The van der Waals surface area contributed by atoms with Gasteiger partial charge in [0, 0.05) is 60.6 Å². The zero-order chi connectivity index (χ0) is 28.8. The molecular weight excluding hydrogens is 505 g/mol. The Kier molecular flexibility index (Phi) is 9.49. The summed E-state index contributed by atoms with van der Waals surface area (Å²) in [6.45, 7) is 12.2. The molecule has 4 heteroatoms. The molecule has 0 saturated heterocycles. The third kappa shape index (κ3) is 6.22. The van der Waals surface area contributed by atoms with Crippen molar-refractivity contribution in [1.82, 2.24) is 0 Å². The molecule has 0 heterocycles. The van der Waals surface area contributed by atoms with Crippen LogP contribution in [0.2, 0.25) is 0 Å². The maximum atomic E-state index is 16.2. The van der Waals surface area contributed by atoms with Crippen LogP contribution in [0.1, 0.15) is 82.4 Å². The molecule has 0 bridgehead atoms. The summed E-state index contributed by atoms with van der Waals surface area (Å²) in [6, 6.07) is 28.2. The molecule has 1 saturated carbocycles. The lowest BCUT2D eigenvalue weighted by molar-refractivity contribution is 0.463. The largest absolute Gasteiger partial charge is 0.382 e. The Balaban J connectivity index is 1.63. The summed E-state index contributed by atoms with van der Waals surface area (Å²) in [5.41, 5.74) is 6.28. The number of rotatable bonds is 11. The van der Waals surface area contributed by atoms with Gasteiger partial charge in [-0.05, 0) is 92.9 Å². The zero-order valence-corrected chi connectivity index (χ0v) is 25.3. The molecule has 3 nitrogen and oxygen atoms in total. The standard InChI is InChI=1S/C37H46FN3/c1-5-40(6-2)29-20-18-27(19-21-29)37(34-23-22-30(26-35(34)38)41(7-3)8-4)33-24-25-36(32-17-13-12-16-31(32)33)39-28-14-10-9-11-15-28/h12-13,16-26,28,37,39H,5-11,14-15H2,1-4H3. The minimum absolute atomic E-state index is 0.152. The number of benzene rings is 4. The van der Waals surface area contributed by atoms with Crippen molar-refractivity contribution in [3.05, 3.63) is 101 Å². The summed E-state index contributed by atoms with van der Waals surface area (Å²) < 4.78 is 16.2. The van der Waals surface area contributed by atoms with Gasteiger partial charge in [-0.3, -0.25) is 0 Å². The van der Waals surface area contributed by atoms with E-state index in [1.165, 1.54) is 54.3 Å². The first kappa shape index (κ1) is 29.0. The highest BCUT2D eigenvalue weighted by Gasteiger charge is 2.24. The van der Waals surface area contributed by atoms with Gasteiger partial charge in [0.1, 0.15) is 5.82 Å². The van der Waals surface area contributed by atoms with E-state index in [2.05, 4.69) is 110 Å². The monoisotopic (exact) mass is 551 g/mol. The van der Waals surface area contributed by atoms with Crippen molar-refractivity contribution in [2.75, 3.05) is 41.3 Å². The fourth-order valence-electron chi connectivity index (χ4n) is 6.70. The minimum atomic E-state index is -0.222. The van der Waals surface area contributed by atoms with E-state index in [-0.39, 0.29) is 11.7 Å². The van der Waals surface area contributed by atoms with Gasteiger partial charge in [0.15, 0.2) is 0 Å². The highest BCUT2D eigenvalue weighted by molar-refractivity contribution is 5.97. The van der Waals surface area contributed by atoms with Crippen LogP contribution in [0.5, 0.6) is 0 Å². The Labute approximate surface area is 246 Å². The van der Waals surface area contributed by atoms with Gasteiger partial charge in [-0.15, -0.1) is 0 Å². The number of hydrogen-bond donors (Lipinski definition) is 1. The smallest absolute Gasteiger partial charge is 0.129 e. The lowest BCUT2D eigenvalue weighted by atomic mass is 9.82. The highest BCUT2D eigenvalue weighted by atomic mass is 19.1. The molecule has 0 aliphatic heterocycles. The van der Waals surface area contributed by atoms with Crippen LogP contribution in [0.4, 0.5) is 21.5 Å². The van der Waals surface area contributed by atoms with Crippen LogP contribution in [0.3, 0.4) is 0 Å². The van der Waals surface area contributed by atoms with Crippen molar-refractivity contribution < 1.29 is 4.39 Å². The molecule has 1 aliphatic rings. The van der Waals surface area contributed by atoms with Crippen LogP contribution in [0.15, 0.2) is 78.9 Å². The molecule has 0 spiro atoms. The summed E-state index contributed by atoms with van der Waals surface area (Å²) in [5.74, 6) is -0.374. The van der Waals surface area contributed by atoms with E-state index in [0.717, 1.165) is 48.6 Å². The Morgan fingerprint density at radius 3 is 1.90 bits per heavy atom. The molecule has 0 radical (unpaired) electrons. The Hall–Kier alpha value is -3.53. The summed E-state index contributed by atoms with van der Waals surface area (Å²) >= 11 is 0.